The minimum atomic E-state index is -0.337. The van der Waals surface area contributed by atoms with Crippen molar-refractivity contribution < 1.29 is 19.1 Å². The third-order valence-corrected chi connectivity index (χ3v) is 5.92. The van der Waals surface area contributed by atoms with Crippen molar-refractivity contribution in [2.24, 2.45) is 5.92 Å². The second-order valence-electron chi connectivity index (χ2n) is 9.24. The summed E-state index contributed by atoms with van der Waals surface area (Å²) in [5.74, 6) is 1.48. The van der Waals surface area contributed by atoms with Crippen molar-refractivity contribution in [2.75, 3.05) is 32.6 Å². The first-order chi connectivity index (χ1) is 18.4. The van der Waals surface area contributed by atoms with E-state index in [1.165, 1.54) is 0 Å². The Bertz CT molecular complexity index is 1360. The van der Waals surface area contributed by atoms with Gasteiger partial charge in [0, 0.05) is 29.6 Å². The van der Waals surface area contributed by atoms with Gasteiger partial charge < -0.3 is 14.4 Å². The maximum absolute atomic E-state index is 13.3. The lowest BCUT2D eigenvalue weighted by Gasteiger charge is -2.24. The standard InChI is InChI=1S/C30H32N4O4/c1-21(2)18-33(29(36)23-8-6-5-7-9-23)20-28(35)32-30-31-27(22-10-14-25(37-3)15-11-22)19-34(30)24-12-16-26(38-4)17-13-24/h5-17,19,21H,18,20H2,1-4H3,(H,31,32,35). The van der Waals surface area contributed by atoms with Crippen LogP contribution in [0.2, 0.25) is 0 Å². The summed E-state index contributed by atoms with van der Waals surface area (Å²) in [6.07, 6.45) is 1.86. The van der Waals surface area contributed by atoms with Crippen LogP contribution in [0.25, 0.3) is 16.9 Å². The predicted molar refractivity (Wildman–Crippen MR) is 148 cm³/mol. The summed E-state index contributed by atoms with van der Waals surface area (Å²) in [6.45, 7) is 4.38. The molecule has 2 amide bonds. The molecule has 0 aliphatic rings. The Kier molecular flexibility index (Phi) is 8.43. The molecule has 1 heterocycles. The number of aromatic nitrogens is 2. The molecule has 0 bridgehead atoms. The third-order valence-electron chi connectivity index (χ3n) is 5.92. The van der Waals surface area contributed by atoms with Gasteiger partial charge in [0.05, 0.1) is 19.9 Å². The molecular weight excluding hydrogens is 480 g/mol. The molecule has 0 aliphatic heterocycles. The van der Waals surface area contributed by atoms with Crippen LogP contribution >= 0.6 is 0 Å². The Morgan fingerprint density at radius 3 is 2.08 bits per heavy atom. The molecule has 4 aromatic rings. The van der Waals surface area contributed by atoms with Crippen molar-refractivity contribution in [2.45, 2.75) is 13.8 Å². The summed E-state index contributed by atoms with van der Waals surface area (Å²) >= 11 is 0. The molecule has 0 saturated carbocycles. The summed E-state index contributed by atoms with van der Waals surface area (Å²) in [6, 6.07) is 24.0. The normalized spacial score (nSPS) is 10.8. The van der Waals surface area contributed by atoms with Crippen LogP contribution in [0.15, 0.2) is 85.1 Å². The molecule has 1 aromatic heterocycles. The smallest absolute Gasteiger partial charge is 0.254 e. The lowest BCUT2D eigenvalue weighted by molar-refractivity contribution is -0.117. The molecular formula is C30H32N4O4. The van der Waals surface area contributed by atoms with Crippen molar-refractivity contribution in [3.8, 4) is 28.4 Å². The number of amides is 2. The fourth-order valence-electron chi connectivity index (χ4n) is 4.07. The second kappa shape index (κ2) is 12.1. The zero-order valence-electron chi connectivity index (χ0n) is 22.0. The number of nitrogens with zero attached hydrogens (tertiary/aromatic N) is 3. The van der Waals surface area contributed by atoms with Crippen LogP contribution in [0.5, 0.6) is 11.5 Å². The van der Waals surface area contributed by atoms with E-state index in [1.54, 1.807) is 31.3 Å². The second-order valence-corrected chi connectivity index (χ2v) is 9.24. The van der Waals surface area contributed by atoms with Crippen molar-refractivity contribution in [1.29, 1.82) is 0 Å². The highest BCUT2D eigenvalue weighted by molar-refractivity contribution is 5.99. The fourth-order valence-corrected chi connectivity index (χ4v) is 4.07. The molecule has 0 aliphatic carbocycles. The summed E-state index contributed by atoms with van der Waals surface area (Å²) in [5.41, 5.74) is 2.89. The minimum absolute atomic E-state index is 0.0980. The molecule has 0 spiro atoms. The van der Waals surface area contributed by atoms with E-state index in [1.807, 2.05) is 91.3 Å². The van der Waals surface area contributed by atoms with Crippen LogP contribution < -0.4 is 14.8 Å². The Morgan fingerprint density at radius 1 is 0.895 bits per heavy atom. The molecule has 196 valence electrons. The summed E-state index contributed by atoms with van der Waals surface area (Å²) < 4.78 is 12.4. The zero-order chi connectivity index (χ0) is 27.1. The van der Waals surface area contributed by atoms with E-state index in [0.29, 0.717) is 23.8 Å². The van der Waals surface area contributed by atoms with Gasteiger partial charge in [-0.1, -0.05) is 32.0 Å². The van der Waals surface area contributed by atoms with Crippen LogP contribution in [0.4, 0.5) is 5.95 Å². The number of imidazole rings is 1. The Hall–Kier alpha value is -4.59. The largest absolute Gasteiger partial charge is 0.497 e. The van der Waals surface area contributed by atoms with E-state index >= 15 is 0 Å². The molecule has 0 atom stereocenters. The maximum atomic E-state index is 13.3. The molecule has 1 N–H and O–H groups in total. The molecule has 38 heavy (non-hydrogen) atoms. The minimum Gasteiger partial charge on any atom is -0.497 e. The highest BCUT2D eigenvalue weighted by Gasteiger charge is 2.21. The molecule has 3 aromatic carbocycles. The van der Waals surface area contributed by atoms with Gasteiger partial charge in [0.15, 0.2) is 0 Å². The number of carbonyl (C=O) groups excluding carboxylic acids is 2. The van der Waals surface area contributed by atoms with E-state index in [0.717, 1.165) is 22.7 Å². The summed E-state index contributed by atoms with van der Waals surface area (Å²) in [7, 11) is 3.23. The van der Waals surface area contributed by atoms with Gasteiger partial charge >= 0.3 is 0 Å². The van der Waals surface area contributed by atoms with E-state index in [-0.39, 0.29) is 24.3 Å². The van der Waals surface area contributed by atoms with Crippen LogP contribution in [-0.4, -0.2) is 53.6 Å². The van der Waals surface area contributed by atoms with Gasteiger partial charge in [0.1, 0.15) is 18.0 Å². The van der Waals surface area contributed by atoms with Gasteiger partial charge in [-0.25, -0.2) is 4.98 Å². The number of ether oxygens (including phenoxy) is 2. The van der Waals surface area contributed by atoms with Gasteiger partial charge in [-0.05, 0) is 66.6 Å². The van der Waals surface area contributed by atoms with E-state index in [2.05, 4.69) is 5.32 Å². The van der Waals surface area contributed by atoms with Crippen molar-refractivity contribution in [1.82, 2.24) is 14.5 Å². The van der Waals surface area contributed by atoms with Crippen LogP contribution in [0.3, 0.4) is 0 Å². The number of benzene rings is 3. The van der Waals surface area contributed by atoms with Gasteiger partial charge in [-0.15, -0.1) is 0 Å². The molecule has 0 fully saturated rings. The number of carbonyl (C=O) groups is 2. The average molecular weight is 513 g/mol. The number of anilines is 1. The lowest BCUT2D eigenvalue weighted by Crippen LogP contribution is -2.40. The monoisotopic (exact) mass is 512 g/mol. The van der Waals surface area contributed by atoms with E-state index < -0.39 is 0 Å². The van der Waals surface area contributed by atoms with Gasteiger partial charge in [-0.2, -0.15) is 0 Å². The molecule has 0 saturated heterocycles. The number of rotatable bonds is 10. The van der Waals surface area contributed by atoms with Gasteiger partial charge in [-0.3, -0.25) is 19.5 Å². The molecule has 8 heteroatoms. The fraction of sp³-hybridized carbons (Fsp3) is 0.233. The van der Waals surface area contributed by atoms with Crippen LogP contribution in [-0.2, 0) is 4.79 Å². The van der Waals surface area contributed by atoms with Crippen molar-refractivity contribution in [3.63, 3.8) is 0 Å². The lowest BCUT2D eigenvalue weighted by atomic mass is 10.1. The topological polar surface area (TPSA) is 85.7 Å². The Balaban J connectivity index is 1.62. The van der Waals surface area contributed by atoms with E-state index in [4.69, 9.17) is 14.5 Å². The molecule has 8 nitrogen and oxygen atoms in total. The first kappa shape index (κ1) is 26.5. The Labute approximate surface area is 222 Å². The number of methoxy groups -OCH3 is 2. The number of nitrogens with one attached hydrogen (secondary N) is 1. The highest BCUT2D eigenvalue weighted by atomic mass is 16.5. The van der Waals surface area contributed by atoms with Crippen molar-refractivity contribution in [3.05, 3.63) is 90.6 Å². The predicted octanol–water partition coefficient (Wildman–Crippen LogP) is 5.29. The third kappa shape index (κ3) is 6.39. The Morgan fingerprint density at radius 2 is 1.50 bits per heavy atom. The molecule has 4 rings (SSSR count). The molecule has 0 unspecified atom stereocenters. The highest BCUT2D eigenvalue weighted by Crippen LogP contribution is 2.27. The first-order valence-electron chi connectivity index (χ1n) is 12.4. The maximum Gasteiger partial charge on any atom is 0.254 e. The van der Waals surface area contributed by atoms with Gasteiger partial charge in [0.2, 0.25) is 11.9 Å². The van der Waals surface area contributed by atoms with E-state index in [9.17, 15) is 9.59 Å². The summed E-state index contributed by atoms with van der Waals surface area (Å²) in [5, 5.41) is 2.92. The summed E-state index contributed by atoms with van der Waals surface area (Å²) in [4.78, 5) is 32.7. The quantitative estimate of drug-likeness (QED) is 0.312. The number of hydrogen-bond donors (Lipinski definition) is 1. The van der Waals surface area contributed by atoms with Gasteiger partial charge in [0.25, 0.3) is 5.91 Å². The molecule has 0 radical (unpaired) electrons. The van der Waals surface area contributed by atoms with Crippen LogP contribution in [0, 0.1) is 5.92 Å². The number of hydrogen-bond acceptors (Lipinski definition) is 5. The van der Waals surface area contributed by atoms with Crippen molar-refractivity contribution >= 4 is 17.8 Å². The average Bonchev–Trinajstić information content (AvgIpc) is 3.36. The SMILES string of the molecule is COc1ccc(-c2cn(-c3ccc(OC)cc3)c(NC(=O)CN(CC(C)C)C(=O)c3ccccc3)n2)cc1. The first-order valence-corrected chi connectivity index (χ1v) is 12.4. The zero-order valence-corrected chi connectivity index (χ0v) is 22.0. The van der Waals surface area contributed by atoms with Crippen LogP contribution in [0.1, 0.15) is 24.2 Å².